The normalized spacial score (nSPS) is 10.2. The van der Waals surface area contributed by atoms with Crippen LogP contribution < -0.4 is 25.6 Å². The number of rotatable bonds is 7. The van der Waals surface area contributed by atoms with Crippen LogP contribution in [0.4, 0.5) is 5.69 Å². The second-order valence-electron chi connectivity index (χ2n) is 6.30. The van der Waals surface area contributed by atoms with Crippen molar-refractivity contribution in [3.8, 4) is 11.5 Å². The first-order valence-corrected chi connectivity index (χ1v) is 10.1. The van der Waals surface area contributed by atoms with Gasteiger partial charge in [-0.1, -0.05) is 15.9 Å². The van der Waals surface area contributed by atoms with Crippen LogP contribution in [0.2, 0.25) is 0 Å². The van der Waals surface area contributed by atoms with E-state index in [4.69, 9.17) is 21.7 Å². The number of ether oxygens (including phenoxy) is 2. The molecule has 0 spiro atoms. The summed E-state index contributed by atoms with van der Waals surface area (Å²) in [5.41, 5.74) is 4.85. The van der Waals surface area contributed by atoms with Crippen molar-refractivity contribution in [1.29, 1.82) is 0 Å². The molecule has 0 saturated carbocycles. The molecule has 0 fully saturated rings. The molecule has 2 amide bonds. The molecule has 0 saturated heterocycles. The number of nitrogens with zero attached hydrogens (tertiary/aromatic N) is 1. The highest BCUT2D eigenvalue weighted by Crippen LogP contribution is 2.24. The molecule has 0 radical (unpaired) electrons. The molecule has 12 heteroatoms. The van der Waals surface area contributed by atoms with Gasteiger partial charge in [0, 0.05) is 16.6 Å². The first kappa shape index (κ1) is 24.0. The van der Waals surface area contributed by atoms with Crippen molar-refractivity contribution in [1.82, 2.24) is 16.2 Å². The van der Waals surface area contributed by atoms with E-state index in [1.54, 1.807) is 18.2 Å². The number of amides is 2. The molecule has 2 rings (SSSR count). The van der Waals surface area contributed by atoms with Gasteiger partial charge in [-0.2, -0.15) is 0 Å². The fourth-order valence-corrected chi connectivity index (χ4v) is 2.72. The molecule has 0 atom stereocenters. The monoisotopic (exact) mass is 510 g/mol. The van der Waals surface area contributed by atoms with Crippen LogP contribution in [0.15, 0.2) is 46.9 Å². The Balaban J connectivity index is 1.83. The Kier molecular flexibility index (Phi) is 8.70. The third-order valence-corrected chi connectivity index (χ3v) is 4.21. The van der Waals surface area contributed by atoms with E-state index >= 15 is 0 Å². The van der Waals surface area contributed by atoms with E-state index in [1.165, 1.54) is 24.3 Å². The van der Waals surface area contributed by atoms with Crippen LogP contribution in [0.1, 0.15) is 24.2 Å². The van der Waals surface area contributed by atoms with Crippen molar-refractivity contribution in [2.75, 3.05) is 6.61 Å². The molecule has 10 nitrogen and oxygen atoms in total. The molecule has 0 unspecified atom stereocenters. The van der Waals surface area contributed by atoms with Crippen molar-refractivity contribution in [3.63, 3.8) is 0 Å². The summed E-state index contributed by atoms with van der Waals surface area (Å²) in [5, 5.41) is 12.9. The first-order valence-electron chi connectivity index (χ1n) is 8.89. The molecule has 164 valence electrons. The summed E-state index contributed by atoms with van der Waals surface area (Å²) in [5.74, 6) is -0.435. The first-order chi connectivity index (χ1) is 14.7. The molecule has 0 aliphatic rings. The molecule has 3 N–H and O–H groups in total. The molecule has 2 aromatic carbocycles. The quantitative estimate of drug-likeness (QED) is 0.294. The summed E-state index contributed by atoms with van der Waals surface area (Å²) in [6.45, 7) is 3.30. The Morgan fingerprint density at radius 2 is 1.84 bits per heavy atom. The molecule has 2 aromatic rings. The minimum Gasteiger partial charge on any atom is -0.490 e. The molecule has 0 heterocycles. The van der Waals surface area contributed by atoms with E-state index in [9.17, 15) is 19.7 Å². The second-order valence-corrected chi connectivity index (χ2v) is 7.63. The lowest BCUT2D eigenvalue weighted by Crippen LogP contribution is -2.49. The fourth-order valence-electron chi connectivity index (χ4n) is 2.21. The van der Waals surface area contributed by atoms with Crippen LogP contribution in [0.25, 0.3) is 0 Å². The molecule has 31 heavy (non-hydrogen) atoms. The number of nitrogens with one attached hydrogen (secondary N) is 3. The highest BCUT2D eigenvalue weighted by Gasteiger charge is 2.16. The van der Waals surface area contributed by atoms with Crippen molar-refractivity contribution in [2.24, 2.45) is 0 Å². The molecular formula is C19H19BrN4O6S. The van der Waals surface area contributed by atoms with Gasteiger partial charge in [0.25, 0.3) is 17.5 Å². The van der Waals surface area contributed by atoms with Gasteiger partial charge in [0.2, 0.25) is 0 Å². The van der Waals surface area contributed by atoms with Gasteiger partial charge in [-0.25, -0.2) is 0 Å². The zero-order chi connectivity index (χ0) is 23.0. The Labute approximate surface area is 191 Å². The average molecular weight is 511 g/mol. The van der Waals surface area contributed by atoms with Crippen LogP contribution in [0.3, 0.4) is 0 Å². The van der Waals surface area contributed by atoms with Gasteiger partial charge < -0.3 is 9.47 Å². The highest BCUT2D eigenvalue weighted by atomic mass is 79.9. The number of hydrogen-bond acceptors (Lipinski definition) is 7. The molecule has 0 aliphatic heterocycles. The van der Waals surface area contributed by atoms with Gasteiger partial charge in [-0.05, 0) is 56.4 Å². The Hall–Kier alpha value is -3.25. The molecule has 0 bridgehead atoms. The number of carbonyl (C=O) groups is 2. The van der Waals surface area contributed by atoms with Crippen LogP contribution in [0, 0.1) is 10.1 Å². The predicted molar refractivity (Wildman–Crippen MR) is 120 cm³/mol. The number of halogens is 1. The van der Waals surface area contributed by atoms with Crippen LogP contribution >= 0.6 is 28.1 Å². The lowest BCUT2D eigenvalue weighted by Gasteiger charge is -2.15. The topological polar surface area (TPSA) is 132 Å². The van der Waals surface area contributed by atoms with Crippen LogP contribution in [-0.4, -0.2) is 34.6 Å². The molecular weight excluding hydrogens is 492 g/mol. The summed E-state index contributed by atoms with van der Waals surface area (Å²) >= 11 is 8.32. The third-order valence-electron chi connectivity index (χ3n) is 3.51. The minimum atomic E-state index is -0.582. The SMILES string of the molecule is CC(C)Oc1ccc(Br)cc1C(=O)NC(=S)NNC(=O)COc1ccc([N+](=O)[O-])cc1. The zero-order valence-corrected chi connectivity index (χ0v) is 18.9. The van der Waals surface area contributed by atoms with Gasteiger partial charge in [-0.15, -0.1) is 0 Å². The average Bonchev–Trinajstić information content (AvgIpc) is 2.71. The standard InChI is InChI=1S/C19H19BrN4O6S/c1-11(2)30-16-8-3-12(20)9-15(16)18(26)21-19(31)23-22-17(25)10-29-14-6-4-13(5-7-14)24(27)28/h3-9,11H,10H2,1-2H3,(H,22,25)(H2,21,23,26,31). The lowest BCUT2D eigenvalue weighted by molar-refractivity contribution is -0.384. The second kappa shape index (κ2) is 11.2. The Morgan fingerprint density at radius 3 is 2.45 bits per heavy atom. The predicted octanol–water partition coefficient (Wildman–Crippen LogP) is 2.86. The summed E-state index contributed by atoms with van der Waals surface area (Å²) in [4.78, 5) is 34.5. The summed E-state index contributed by atoms with van der Waals surface area (Å²) in [6, 6.07) is 10.3. The van der Waals surface area contributed by atoms with E-state index in [0.717, 1.165) is 0 Å². The van der Waals surface area contributed by atoms with E-state index in [0.29, 0.717) is 10.2 Å². The van der Waals surface area contributed by atoms with Gasteiger partial charge >= 0.3 is 0 Å². The third kappa shape index (κ3) is 7.83. The number of hydrazine groups is 1. The minimum absolute atomic E-state index is 0.0908. The number of benzene rings is 2. The maximum Gasteiger partial charge on any atom is 0.276 e. The summed E-state index contributed by atoms with van der Waals surface area (Å²) < 4.78 is 11.5. The van der Waals surface area contributed by atoms with E-state index in [-0.39, 0.29) is 34.8 Å². The number of hydrogen-bond donors (Lipinski definition) is 3. The van der Waals surface area contributed by atoms with Gasteiger partial charge in [0.15, 0.2) is 11.7 Å². The fraction of sp³-hybridized carbons (Fsp3) is 0.211. The van der Waals surface area contributed by atoms with E-state index in [1.807, 2.05) is 13.8 Å². The number of nitro groups is 1. The van der Waals surface area contributed by atoms with E-state index < -0.39 is 16.7 Å². The maximum absolute atomic E-state index is 12.5. The number of non-ortho nitro benzene ring substituents is 1. The van der Waals surface area contributed by atoms with Crippen molar-refractivity contribution in [3.05, 3.63) is 62.6 Å². The number of nitro benzene ring substituents is 1. The van der Waals surface area contributed by atoms with Crippen LogP contribution in [-0.2, 0) is 4.79 Å². The summed E-state index contributed by atoms with van der Waals surface area (Å²) in [6.07, 6.45) is -0.132. The van der Waals surface area contributed by atoms with Gasteiger partial charge in [0.05, 0.1) is 16.6 Å². The number of carbonyl (C=O) groups excluding carboxylic acids is 2. The number of thiocarbonyl (C=S) groups is 1. The molecule has 0 aromatic heterocycles. The van der Waals surface area contributed by atoms with Crippen molar-refractivity contribution < 1.29 is 24.0 Å². The zero-order valence-electron chi connectivity index (χ0n) is 16.5. The Bertz CT molecular complexity index is 984. The van der Waals surface area contributed by atoms with Crippen molar-refractivity contribution in [2.45, 2.75) is 20.0 Å². The van der Waals surface area contributed by atoms with Crippen LogP contribution in [0.5, 0.6) is 11.5 Å². The maximum atomic E-state index is 12.5. The largest absolute Gasteiger partial charge is 0.490 e. The summed E-state index contributed by atoms with van der Waals surface area (Å²) in [7, 11) is 0. The van der Waals surface area contributed by atoms with E-state index in [2.05, 4.69) is 32.1 Å². The lowest BCUT2D eigenvalue weighted by atomic mass is 10.2. The highest BCUT2D eigenvalue weighted by molar-refractivity contribution is 9.10. The van der Waals surface area contributed by atoms with Gasteiger partial charge in [-0.3, -0.25) is 35.9 Å². The molecule has 0 aliphatic carbocycles. The van der Waals surface area contributed by atoms with Crippen molar-refractivity contribution >= 4 is 50.8 Å². The smallest absolute Gasteiger partial charge is 0.276 e. The Morgan fingerprint density at radius 1 is 1.16 bits per heavy atom. The van der Waals surface area contributed by atoms with Gasteiger partial charge in [0.1, 0.15) is 11.5 Å².